The molecule has 0 aliphatic carbocycles. The van der Waals surface area contributed by atoms with Crippen LogP contribution in [0.3, 0.4) is 0 Å². The largest absolute Gasteiger partial charge is 0.250 e. The van der Waals surface area contributed by atoms with Gasteiger partial charge in [-0.15, -0.1) is 0 Å². The van der Waals surface area contributed by atoms with E-state index in [1.54, 1.807) is 0 Å². The molecule has 3 heteroatoms. The number of hydrogen-bond donors (Lipinski definition) is 0. The van der Waals surface area contributed by atoms with Gasteiger partial charge in [-0.1, -0.05) is 45.4 Å². The lowest BCUT2D eigenvalue weighted by molar-refractivity contribution is 0.579. The maximum Gasteiger partial charge on any atom is 0.150 e. The van der Waals surface area contributed by atoms with Crippen molar-refractivity contribution in [3.63, 3.8) is 0 Å². The van der Waals surface area contributed by atoms with Crippen LogP contribution in [0.5, 0.6) is 0 Å². The molecule has 0 amide bonds. The molecule has 0 fully saturated rings. The van der Waals surface area contributed by atoms with E-state index in [0.717, 1.165) is 25.2 Å². The van der Waals surface area contributed by atoms with Crippen molar-refractivity contribution in [1.29, 1.82) is 0 Å². The van der Waals surface area contributed by atoms with E-state index < -0.39 is 0 Å². The van der Waals surface area contributed by atoms with Crippen LogP contribution >= 0.6 is 0 Å². The number of unbranched alkanes of at least 4 members (excludes halogenated alkanes) is 6. The van der Waals surface area contributed by atoms with Crippen LogP contribution in [0.25, 0.3) is 0 Å². The highest BCUT2D eigenvalue weighted by Crippen LogP contribution is 2.13. The Morgan fingerprint density at radius 3 is 2.59 bits per heavy atom. The van der Waals surface area contributed by atoms with Crippen LogP contribution in [0.2, 0.25) is 0 Å². The monoisotopic (exact) mass is 235 g/mol. The van der Waals surface area contributed by atoms with E-state index in [0.29, 0.717) is 0 Å². The number of aromatic nitrogens is 3. The first kappa shape index (κ1) is 12.6. The maximum absolute atomic E-state index is 4.59. The maximum atomic E-state index is 4.59. The summed E-state index contributed by atoms with van der Waals surface area (Å²) in [4.78, 5) is 4.59. The Balaban J connectivity index is 1.55. The van der Waals surface area contributed by atoms with Gasteiger partial charge in [0.05, 0.1) is 0 Å². The summed E-state index contributed by atoms with van der Waals surface area (Å²) in [6.45, 7) is 3.35. The Morgan fingerprint density at radius 2 is 1.82 bits per heavy atom. The highest BCUT2D eigenvalue weighted by atomic mass is 15.4. The summed E-state index contributed by atoms with van der Waals surface area (Å²) in [5.74, 6) is 2.29. The minimum atomic E-state index is 1.08. The fourth-order valence-electron chi connectivity index (χ4n) is 2.52. The molecule has 96 valence electrons. The minimum Gasteiger partial charge on any atom is -0.250 e. The van der Waals surface area contributed by atoms with Crippen LogP contribution in [-0.4, -0.2) is 14.8 Å². The molecule has 0 aromatic carbocycles. The summed E-state index contributed by atoms with van der Waals surface area (Å²) in [6, 6.07) is 0. The molecular weight excluding hydrogens is 210 g/mol. The average molecular weight is 235 g/mol. The third-order valence-electron chi connectivity index (χ3n) is 3.57. The van der Waals surface area contributed by atoms with E-state index in [1.165, 1.54) is 57.2 Å². The smallest absolute Gasteiger partial charge is 0.150 e. The zero-order chi connectivity index (χ0) is 11.9. The predicted octanol–water partition coefficient (Wildman–Crippen LogP) is 3.52. The van der Waals surface area contributed by atoms with Gasteiger partial charge in [0.15, 0.2) is 5.82 Å². The second kappa shape index (κ2) is 6.77. The van der Waals surface area contributed by atoms with Gasteiger partial charge in [0, 0.05) is 19.4 Å². The van der Waals surface area contributed by atoms with Gasteiger partial charge in [0.2, 0.25) is 0 Å². The second-order valence-corrected chi connectivity index (χ2v) is 5.14. The van der Waals surface area contributed by atoms with E-state index in [-0.39, 0.29) is 0 Å². The lowest BCUT2D eigenvalue weighted by Gasteiger charge is -1.99. The third kappa shape index (κ3) is 3.83. The molecular formula is C14H25N3. The van der Waals surface area contributed by atoms with Crippen molar-refractivity contribution in [3.8, 4) is 0 Å². The molecule has 0 spiro atoms. The van der Waals surface area contributed by atoms with Crippen molar-refractivity contribution < 1.29 is 0 Å². The van der Waals surface area contributed by atoms with Crippen LogP contribution in [0.1, 0.15) is 69.9 Å². The fourth-order valence-corrected chi connectivity index (χ4v) is 2.52. The van der Waals surface area contributed by atoms with Gasteiger partial charge >= 0.3 is 0 Å². The van der Waals surface area contributed by atoms with E-state index in [1.807, 2.05) is 0 Å². The topological polar surface area (TPSA) is 30.7 Å². The number of rotatable bonds is 8. The molecule has 0 radical (unpaired) electrons. The zero-order valence-corrected chi connectivity index (χ0v) is 11.1. The van der Waals surface area contributed by atoms with Crippen molar-refractivity contribution in [1.82, 2.24) is 14.8 Å². The predicted molar refractivity (Wildman–Crippen MR) is 70.0 cm³/mol. The third-order valence-corrected chi connectivity index (χ3v) is 3.57. The molecule has 1 aliphatic rings. The van der Waals surface area contributed by atoms with Gasteiger partial charge in [0.1, 0.15) is 5.82 Å². The Hall–Kier alpha value is -0.860. The molecule has 1 aliphatic heterocycles. The summed E-state index contributed by atoms with van der Waals surface area (Å²) >= 11 is 0. The summed E-state index contributed by atoms with van der Waals surface area (Å²) in [7, 11) is 0. The first-order valence-electron chi connectivity index (χ1n) is 7.32. The Bertz CT molecular complexity index is 309. The van der Waals surface area contributed by atoms with Crippen molar-refractivity contribution >= 4 is 0 Å². The number of nitrogens with zero attached hydrogens (tertiary/aromatic N) is 3. The summed E-state index contributed by atoms with van der Waals surface area (Å²) in [5.41, 5.74) is 0. The summed E-state index contributed by atoms with van der Waals surface area (Å²) in [5, 5.41) is 4.54. The molecule has 1 aromatic heterocycles. The first-order valence-corrected chi connectivity index (χ1v) is 7.32. The molecule has 0 saturated carbocycles. The van der Waals surface area contributed by atoms with Crippen LogP contribution in [-0.2, 0) is 19.4 Å². The van der Waals surface area contributed by atoms with E-state index >= 15 is 0 Å². The highest BCUT2D eigenvalue weighted by Gasteiger charge is 2.14. The molecule has 0 atom stereocenters. The standard InChI is InChI=1S/C14H25N3/c1-2-3-4-5-6-7-8-10-13-15-14-11-9-12-17(14)16-13/h2-12H2,1H3. The van der Waals surface area contributed by atoms with Gasteiger partial charge in [-0.3, -0.25) is 0 Å². The van der Waals surface area contributed by atoms with E-state index in [9.17, 15) is 0 Å². The number of hydrogen-bond acceptors (Lipinski definition) is 2. The van der Waals surface area contributed by atoms with Crippen molar-refractivity contribution in [2.24, 2.45) is 0 Å². The van der Waals surface area contributed by atoms with E-state index in [4.69, 9.17) is 0 Å². The normalized spacial score (nSPS) is 14.2. The average Bonchev–Trinajstić information content (AvgIpc) is 2.88. The molecule has 17 heavy (non-hydrogen) atoms. The molecule has 0 N–H and O–H groups in total. The van der Waals surface area contributed by atoms with Crippen LogP contribution in [0, 0.1) is 0 Å². The fraction of sp³-hybridized carbons (Fsp3) is 0.857. The molecule has 0 unspecified atom stereocenters. The van der Waals surface area contributed by atoms with Gasteiger partial charge < -0.3 is 0 Å². The Labute approximate surface area is 105 Å². The second-order valence-electron chi connectivity index (χ2n) is 5.14. The van der Waals surface area contributed by atoms with Crippen molar-refractivity contribution in [3.05, 3.63) is 11.6 Å². The van der Waals surface area contributed by atoms with E-state index in [2.05, 4.69) is 21.7 Å². The molecule has 0 saturated heterocycles. The molecule has 3 nitrogen and oxygen atoms in total. The lowest BCUT2D eigenvalue weighted by Crippen LogP contribution is -1.96. The van der Waals surface area contributed by atoms with Gasteiger partial charge in [-0.2, -0.15) is 5.10 Å². The van der Waals surface area contributed by atoms with Crippen LogP contribution < -0.4 is 0 Å². The molecule has 2 heterocycles. The van der Waals surface area contributed by atoms with Crippen molar-refractivity contribution in [2.45, 2.75) is 77.7 Å². The SMILES string of the molecule is CCCCCCCCCc1nc2n(n1)CCC2. The molecule has 1 aromatic rings. The first-order chi connectivity index (χ1) is 8.40. The molecule has 2 rings (SSSR count). The van der Waals surface area contributed by atoms with Crippen LogP contribution in [0.15, 0.2) is 0 Å². The highest BCUT2D eigenvalue weighted by molar-refractivity contribution is 4.97. The van der Waals surface area contributed by atoms with Gasteiger partial charge in [-0.25, -0.2) is 9.67 Å². The summed E-state index contributed by atoms with van der Waals surface area (Å²) in [6.07, 6.45) is 13.0. The Morgan fingerprint density at radius 1 is 1.06 bits per heavy atom. The quantitative estimate of drug-likeness (QED) is 0.645. The Kier molecular flexibility index (Phi) is 5.02. The van der Waals surface area contributed by atoms with Gasteiger partial charge in [-0.05, 0) is 12.8 Å². The number of aryl methyl sites for hydroxylation is 3. The molecule has 0 bridgehead atoms. The van der Waals surface area contributed by atoms with Crippen molar-refractivity contribution in [2.75, 3.05) is 0 Å². The lowest BCUT2D eigenvalue weighted by atomic mass is 10.1. The number of fused-ring (bicyclic) bond motifs is 1. The zero-order valence-electron chi connectivity index (χ0n) is 11.1. The van der Waals surface area contributed by atoms with Gasteiger partial charge in [0.25, 0.3) is 0 Å². The van der Waals surface area contributed by atoms with Crippen LogP contribution in [0.4, 0.5) is 0 Å². The minimum absolute atomic E-state index is 1.08. The summed E-state index contributed by atoms with van der Waals surface area (Å²) < 4.78 is 2.09.